The van der Waals surface area contributed by atoms with E-state index >= 15 is 0 Å². The molecule has 18 heavy (non-hydrogen) atoms. The van der Waals surface area contributed by atoms with E-state index in [0.29, 0.717) is 5.88 Å². The predicted octanol–water partition coefficient (Wildman–Crippen LogP) is 3.22. The second kappa shape index (κ2) is 6.47. The first-order valence-corrected chi connectivity index (χ1v) is 6.29. The van der Waals surface area contributed by atoms with Gasteiger partial charge in [0.25, 0.3) is 0 Å². The predicted molar refractivity (Wildman–Crippen MR) is 72.1 cm³/mol. The number of benzene rings is 1. The number of hydrogen-bond acceptors (Lipinski definition) is 2. The Hall–Kier alpha value is -1.45. The van der Waals surface area contributed by atoms with Gasteiger partial charge in [-0.05, 0) is 29.3 Å². The lowest BCUT2D eigenvalue weighted by atomic mass is 10.1. The topological polar surface area (TPSA) is 24.9 Å². The van der Waals surface area contributed by atoms with Crippen molar-refractivity contribution in [1.29, 1.82) is 0 Å². The van der Waals surface area contributed by atoms with Crippen LogP contribution in [0.2, 0.25) is 0 Å². The molecule has 0 radical (unpaired) electrons. The van der Waals surface area contributed by atoms with E-state index in [0.717, 1.165) is 29.8 Å². The molecule has 0 amide bonds. The van der Waals surface area contributed by atoms with Crippen LogP contribution in [0.15, 0.2) is 42.7 Å². The van der Waals surface area contributed by atoms with Gasteiger partial charge in [-0.15, -0.1) is 11.6 Å². The minimum atomic E-state index is -0.230. The maximum absolute atomic E-state index is 12.8. The number of aromatic nitrogens is 1. The Bertz CT molecular complexity index is 499. The van der Waals surface area contributed by atoms with E-state index in [1.165, 1.54) is 12.1 Å². The molecule has 94 valence electrons. The van der Waals surface area contributed by atoms with Crippen LogP contribution in [0, 0.1) is 5.82 Å². The molecular formula is C14H14ClFN2. The van der Waals surface area contributed by atoms with Gasteiger partial charge in [0.2, 0.25) is 0 Å². The zero-order valence-electron chi connectivity index (χ0n) is 9.87. The normalized spacial score (nSPS) is 10.6. The SMILES string of the molecule is Fc1ccc(-c2cncc(CNCCCl)c2)cc1. The maximum atomic E-state index is 12.8. The van der Waals surface area contributed by atoms with Gasteiger partial charge in [0, 0.05) is 36.9 Å². The highest BCUT2D eigenvalue weighted by atomic mass is 35.5. The Balaban J connectivity index is 2.13. The van der Waals surface area contributed by atoms with E-state index in [4.69, 9.17) is 11.6 Å². The molecule has 2 rings (SSSR count). The molecule has 1 heterocycles. The van der Waals surface area contributed by atoms with Crippen LogP contribution < -0.4 is 5.32 Å². The second-order valence-electron chi connectivity index (χ2n) is 3.95. The molecular weight excluding hydrogens is 251 g/mol. The average Bonchev–Trinajstić information content (AvgIpc) is 2.40. The van der Waals surface area contributed by atoms with Gasteiger partial charge in [-0.25, -0.2) is 4.39 Å². The minimum Gasteiger partial charge on any atom is -0.311 e. The molecule has 0 aliphatic carbocycles. The number of alkyl halides is 1. The smallest absolute Gasteiger partial charge is 0.123 e. The molecule has 1 N–H and O–H groups in total. The van der Waals surface area contributed by atoms with Gasteiger partial charge in [0.15, 0.2) is 0 Å². The summed E-state index contributed by atoms with van der Waals surface area (Å²) in [5.41, 5.74) is 3.03. The van der Waals surface area contributed by atoms with Gasteiger partial charge in [-0.3, -0.25) is 4.98 Å². The highest BCUT2D eigenvalue weighted by Gasteiger charge is 2.00. The quantitative estimate of drug-likeness (QED) is 0.663. The lowest BCUT2D eigenvalue weighted by Crippen LogP contribution is -2.15. The summed E-state index contributed by atoms with van der Waals surface area (Å²) in [6.45, 7) is 1.50. The van der Waals surface area contributed by atoms with Crippen LogP contribution in [-0.2, 0) is 6.54 Å². The molecule has 0 unspecified atom stereocenters. The van der Waals surface area contributed by atoms with E-state index in [9.17, 15) is 4.39 Å². The molecule has 0 atom stereocenters. The molecule has 0 saturated heterocycles. The zero-order chi connectivity index (χ0) is 12.8. The fourth-order valence-electron chi connectivity index (χ4n) is 1.68. The molecule has 0 aliphatic heterocycles. The van der Waals surface area contributed by atoms with Crippen molar-refractivity contribution in [2.45, 2.75) is 6.54 Å². The van der Waals surface area contributed by atoms with Crippen LogP contribution in [-0.4, -0.2) is 17.4 Å². The third-order valence-electron chi connectivity index (χ3n) is 2.57. The van der Waals surface area contributed by atoms with Crippen LogP contribution in [0.3, 0.4) is 0 Å². The Morgan fingerprint density at radius 3 is 2.61 bits per heavy atom. The van der Waals surface area contributed by atoms with Crippen molar-refractivity contribution in [3.63, 3.8) is 0 Å². The van der Waals surface area contributed by atoms with Crippen LogP contribution in [0.25, 0.3) is 11.1 Å². The summed E-state index contributed by atoms with van der Waals surface area (Å²) < 4.78 is 12.8. The van der Waals surface area contributed by atoms with Gasteiger partial charge < -0.3 is 5.32 Å². The highest BCUT2D eigenvalue weighted by molar-refractivity contribution is 6.18. The molecule has 2 aromatic rings. The molecule has 1 aromatic carbocycles. The monoisotopic (exact) mass is 264 g/mol. The maximum Gasteiger partial charge on any atom is 0.123 e. The van der Waals surface area contributed by atoms with Gasteiger partial charge in [-0.2, -0.15) is 0 Å². The molecule has 0 saturated carbocycles. The molecule has 0 spiro atoms. The van der Waals surface area contributed by atoms with Crippen LogP contribution in [0.5, 0.6) is 0 Å². The molecule has 1 aromatic heterocycles. The van der Waals surface area contributed by atoms with E-state index in [2.05, 4.69) is 10.3 Å². The lowest BCUT2D eigenvalue weighted by Gasteiger charge is -2.06. The Kier molecular flexibility index (Phi) is 4.67. The van der Waals surface area contributed by atoms with E-state index in [-0.39, 0.29) is 5.82 Å². The number of hydrogen-bond donors (Lipinski definition) is 1. The molecule has 0 bridgehead atoms. The Morgan fingerprint density at radius 2 is 1.89 bits per heavy atom. The summed E-state index contributed by atoms with van der Waals surface area (Å²) >= 11 is 5.60. The standard InChI is InChI=1S/C14H14ClFN2/c15-5-6-17-8-11-7-13(10-18-9-11)12-1-3-14(16)4-2-12/h1-4,7,9-10,17H,5-6,8H2. The third-order valence-corrected chi connectivity index (χ3v) is 2.76. The van der Waals surface area contributed by atoms with Crippen molar-refractivity contribution in [2.24, 2.45) is 0 Å². The minimum absolute atomic E-state index is 0.230. The molecule has 0 fully saturated rings. The summed E-state index contributed by atoms with van der Waals surface area (Å²) in [4.78, 5) is 4.20. The summed E-state index contributed by atoms with van der Waals surface area (Å²) in [5, 5.41) is 3.21. The fourth-order valence-corrected chi connectivity index (χ4v) is 1.82. The summed E-state index contributed by atoms with van der Waals surface area (Å²) in [6, 6.07) is 8.45. The lowest BCUT2D eigenvalue weighted by molar-refractivity contribution is 0.628. The third kappa shape index (κ3) is 3.52. The van der Waals surface area contributed by atoms with E-state index in [1.807, 2.05) is 12.3 Å². The van der Waals surface area contributed by atoms with Gasteiger partial charge >= 0.3 is 0 Å². The van der Waals surface area contributed by atoms with Crippen molar-refractivity contribution >= 4 is 11.6 Å². The Morgan fingerprint density at radius 1 is 1.11 bits per heavy atom. The van der Waals surface area contributed by atoms with Crippen LogP contribution in [0.4, 0.5) is 4.39 Å². The van der Waals surface area contributed by atoms with Crippen molar-refractivity contribution in [1.82, 2.24) is 10.3 Å². The van der Waals surface area contributed by atoms with Crippen molar-refractivity contribution in [3.8, 4) is 11.1 Å². The average molecular weight is 265 g/mol. The fraction of sp³-hybridized carbons (Fsp3) is 0.214. The largest absolute Gasteiger partial charge is 0.311 e. The summed E-state index contributed by atoms with van der Waals surface area (Å²) in [6.07, 6.45) is 3.59. The second-order valence-corrected chi connectivity index (χ2v) is 4.33. The number of halogens is 2. The zero-order valence-corrected chi connectivity index (χ0v) is 10.6. The first-order valence-electron chi connectivity index (χ1n) is 5.76. The number of nitrogens with zero attached hydrogens (tertiary/aromatic N) is 1. The van der Waals surface area contributed by atoms with Crippen molar-refractivity contribution in [2.75, 3.05) is 12.4 Å². The highest BCUT2D eigenvalue weighted by Crippen LogP contribution is 2.19. The van der Waals surface area contributed by atoms with E-state index < -0.39 is 0 Å². The van der Waals surface area contributed by atoms with Crippen LogP contribution in [0.1, 0.15) is 5.56 Å². The molecule has 4 heteroatoms. The summed E-state index contributed by atoms with van der Waals surface area (Å²) in [5.74, 6) is 0.358. The first-order chi connectivity index (χ1) is 8.79. The molecule has 2 nitrogen and oxygen atoms in total. The van der Waals surface area contributed by atoms with Crippen LogP contribution >= 0.6 is 11.6 Å². The summed E-state index contributed by atoms with van der Waals surface area (Å²) in [7, 11) is 0. The van der Waals surface area contributed by atoms with Gasteiger partial charge in [-0.1, -0.05) is 12.1 Å². The van der Waals surface area contributed by atoms with Crippen molar-refractivity contribution in [3.05, 3.63) is 54.1 Å². The number of rotatable bonds is 5. The Labute approximate surface area is 111 Å². The van der Waals surface area contributed by atoms with E-state index in [1.54, 1.807) is 18.3 Å². The molecule has 0 aliphatic rings. The number of nitrogens with one attached hydrogen (secondary N) is 1. The van der Waals surface area contributed by atoms with Gasteiger partial charge in [0.05, 0.1) is 0 Å². The van der Waals surface area contributed by atoms with Crippen molar-refractivity contribution < 1.29 is 4.39 Å². The number of pyridine rings is 1. The first kappa shape index (κ1) is 13.0. The van der Waals surface area contributed by atoms with Gasteiger partial charge in [0.1, 0.15) is 5.82 Å².